The van der Waals surface area contributed by atoms with E-state index in [1.165, 1.54) is 7.11 Å². The van der Waals surface area contributed by atoms with E-state index in [0.29, 0.717) is 16.9 Å². The summed E-state index contributed by atoms with van der Waals surface area (Å²) in [4.78, 5) is 15.9. The molecule has 0 fully saturated rings. The predicted octanol–water partition coefficient (Wildman–Crippen LogP) is 2.92. The zero-order valence-electron chi connectivity index (χ0n) is 10.8. The third kappa shape index (κ3) is 2.09. The van der Waals surface area contributed by atoms with Crippen molar-refractivity contribution in [1.82, 2.24) is 9.55 Å². The largest absolute Gasteiger partial charge is 0.465 e. The molecule has 0 amide bonds. The van der Waals surface area contributed by atoms with Gasteiger partial charge in [0.2, 0.25) is 0 Å². The summed E-state index contributed by atoms with van der Waals surface area (Å²) in [5.41, 5.74) is 2.04. The molecule has 0 saturated carbocycles. The van der Waals surface area contributed by atoms with Gasteiger partial charge in [0.15, 0.2) is 0 Å². The number of nitrogens with zero attached hydrogens (tertiary/aromatic N) is 2. The molecule has 100 valence electrons. The Morgan fingerprint density at radius 2 is 2.25 bits per heavy atom. The summed E-state index contributed by atoms with van der Waals surface area (Å²) in [5, 5.41) is 0. The molecule has 0 spiro atoms. The standard InChI is InChI=1S/C15H12N2O3/c1-19-15(18)12-5-4-11(17-7-6-16-10-17)9-13(12)14-3-2-8-20-14/h2-10H,1H3. The molecule has 3 rings (SSSR count). The van der Waals surface area contributed by atoms with Gasteiger partial charge in [0.1, 0.15) is 5.76 Å². The van der Waals surface area contributed by atoms with Gasteiger partial charge in [-0.1, -0.05) is 0 Å². The summed E-state index contributed by atoms with van der Waals surface area (Å²) in [5.74, 6) is 0.223. The lowest BCUT2D eigenvalue weighted by Crippen LogP contribution is -2.04. The van der Waals surface area contributed by atoms with E-state index in [9.17, 15) is 4.79 Å². The van der Waals surface area contributed by atoms with E-state index < -0.39 is 5.97 Å². The Labute approximate surface area is 115 Å². The van der Waals surface area contributed by atoms with Gasteiger partial charge in [-0.05, 0) is 30.3 Å². The summed E-state index contributed by atoms with van der Waals surface area (Å²) in [6.45, 7) is 0. The molecule has 0 unspecified atom stereocenters. The SMILES string of the molecule is COC(=O)c1ccc(-n2ccnc2)cc1-c1ccco1. The Bertz CT molecular complexity index is 716. The number of imidazole rings is 1. The first-order valence-corrected chi connectivity index (χ1v) is 6.04. The van der Waals surface area contributed by atoms with E-state index in [1.54, 1.807) is 37.0 Å². The Hall–Kier alpha value is -2.82. The van der Waals surface area contributed by atoms with Gasteiger partial charge in [-0.15, -0.1) is 0 Å². The number of rotatable bonds is 3. The first kappa shape index (κ1) is 12.2. The van der Waals surface area contributed by atoms with E-state index in [4.69, 9.17) is 9.15 Å². The molecule has 0 aliphatic rings. The van der Waals surface area contributed by atoms with Gasteiger partial charge in [-0.2, -0.15) is 0 Å². The number of hydrogen-bond donors (Lipinski definition) is 0. The fourth-order valence-electron chi connectivity index (χ4n) is 2.03. The van der Waals surface area contributed by atoms with Gasteiger partial charge in [-0.3, -0.25) is 0 Å². The molecular formula is C15H12N2O3. The number of hydrogen-bond acceptors (Lipinski definition) is 4. The van der Waals surface area contributed by atoms with Crippen molar-refractivity contribution in [2.45, 2.75) is 0 Å². The second kappa shape index (κ2) is 5.05. The topological polar surface area (TPSA) is 57.3 Å². The van der Waals surface area contributed by atoms with Crippen LogP contribution >= 0.6 is 0 Å². The molecular weight excluding hydrogens is 256 g/mol. The molecule has 2 heterocycles. The van der Waals surface area contributed by atoms with Crippen LogP contribution in [0.25, 0.3) is 17.0 Å². The lowest BCUT2D eigenvalue weighted by atomic mass is 10.0. The second-order valence-corrected chi connectivity index (χ2v) is 4.17. The maximum atomic E-state index is 11.8. The zero-order valence-corrected chi connectivity index (χ0v) is 10.8. The zero-order chi connectivity index (χ0) is 13.9. The van der Waals surface area contributed by atoms with Crippen LogP contribution in [0.1, 0.15) is 10.4 Å². The van der Waals surface area contributed by atoms with Gasteiger partial charge in [-0.25, -0.2) is 9.78 Å². The van der Waals surface area contributed by atoms with Crippen molar-refractivity contribution >= 4 is 5.97 Å². The number of furan rings is 1. The molecule has 3 aromatic rings. The van der Waals surface area contributed by atoms with Crippen molar-refractivity contribution in [2.24, 2.45) is 0 Å². The molecule has 0 aliphatic heterocycles. The van der Waals surface area contributed by atoms with E-state index >= 15 is 0 Å². The maximum Gasteiger partial charge on any atom is 0.338 e. The Morgan fingerprint density at radius 1 is 1.35 bits per heavy atom. The molecule has 5 heteroatoms. The molecule has 1 aromatic carbocycles. The highest BCUT2D eigenvalue weighted by Crippen LogP contribution is 2.27. The highest BCUT2D eigenvalue weighted by molar-refractivity contribution is 5.97. The van der Waals surface area contributed by atoms with Crippen LogP contribution in [0.2, 0.25) is 0 Å². The number of carbonyl (C=O) groups is 1. The Kier molecular flexibility index (Phi) is 3.09. The smallest absolute Gasteiger partial charge is 0.338 e. The third-order valence-electron chi connectivity index (χ3n) is 3.00. The van der Waals surface area contributed by atoms with Crippen molar-refractivity contribution in [1.29, 1.82) is 0 Å². The number of benzene rings is 1. The Balaban J connectivity index is 2.16. The number of methoxy groups -OCH3 is 1. The predicted molar refractivity (Wildman–Crippen MR) is 72.6 cm³/mol. The summed E-state index contributed by atoms with van der Waals surface area (Å²) in [6.07, 6.45) is 6.79. The minimum absolute atomic E-state index is 0.395. The van der Waals surface area contributed by atoms with E-state index in [0.717, 1.165) is 5.69 Å². The van der Waals surface area contributed by atoms with Crippen molar-refractivity contribution in [3.8, 4) is 17.0 Å². The van der Waals surface area contributed by atoms with Crippen molar-refractivity contribution in [2.75, 3.05) is 7.11 Å². The summed E-state index contributed by atoms with van der Waals surface area (Å²) < 4.78 is 12.1. The number of esters is 1. The molecule has 0 radical (unpaired) electrons. The van der Waals surface area contributed by atoms with Crippen LogP contribution in [0.15, 0.2) is 59.7 Å². The molecule has 2 aromatic heterocycles. The van der Waals surface area contributed by atoms with Crippen LogP contribution in [-0.4, -0.2) is 22.6 Å². The van der Waals surface area contributed by atoms with E-state index in [2.05, 4.69) is 4.98 Å². The van der Waals surface area contributed by atoms with Crippen LogP contribution in [0.4, 0.5) is 0 Å². The van der Waals surface area contributed by atoms with E-state index in [1.807, 2.05) is 22.9 Å². The first-order valence-electron chi connectivity index (χ1n) is 6.04. The fraction of sp³-hybridized carbons (Fsp3) is 0.0667. The molecule has 0 bridgehead atoms. The number of aromatic nitrogens is 2. The summed E-state index contributed by atoms with van der Waals surface area (Å²) >= 11 is 0. The molecule has 0 atom stereocenters. The first-order chi connectivity index (χ1) is 9.79. The number of carbonyl (C=O) groups excluding carboxylic acids is 1. The minimum atomic E-state index is -0.395. The molecule has 20 heavy (non-hydrogen) atoms. The van der Waals surface area contributed by atoms with Gasteiger partial charge < -0.3 is 13.7 Å². The minimum Gasteiger partial charge on any atom is -0.465 e. The number of ether oxygens (including phenoxy) is 1. The average Bonchev–Trinajstić information content (AvgIpc) is 3.18. The molecule has 0 N–H and O–H groups in total. The molecule has 0 aliphatic carbocycles. The van der Waals surface area contributed by atoms with E-state index in [-0.39, 0.29) is 0 Å². The second-order valence-electron chi connectivity index (χ2n) is 4.17. The van der Waals surface area contributed by atoms with Crippen molar-refractivity contribution in [3.63, 3.8) is 0 Å². The monoisotopic (exact) mass is 268 g/mol. The normalized spacial score (nSPS) is 10.4. The van der Waals surface area contributed by atoms with Crippen LogP contribution in [0, 0.1) is 0 Å². The average molecular weight is 268 g/mol. The maximum absolute atomic E-state index is 11.8. The lowest BCUT2D eigenvalue weighted by molar-refractivity contribution is 0.0601. The van der Waals surface area contributed by atoms with Gasteiger partial charge >= 0.3 is 5.97 Å². The highest BCUT2D eigenvalue weighted by atomic mass is 16.5. The summed E-state index contributed by atoms with van der Waals surface area (Å²) in [6, 6.07) is 9.01. The van der Waals surface area contributed by atoms with Gasteiger partial charge in [0.25, 0.3) is 0 Å². The summed E-state index contributed by atoms with van der Waals surface area (Å²) in [7, 11) is 1.36. The van der Waals surface area contributed by atoms with Crippen molar-refractivity contribution < 1.29 is 13.9 Å². The third-order valence-corrected chi connectivity index (χ3v) is 3.00. The lowest BCUT2D eigenvalue weighted by Gasteiger charge is -2.09. The van der Waals surface area contributed by atoms with Crippen LogP contribution < -0.4 is 0 Å². The quantitative estimate of drug-likeness (QED) is 0.685. The van der Waals surface area contributed by atoms with Crippen LogP contribution in [0.3, 0.4) is 0 Å². The highest BCUT2D eigenvalue weighted by Gasteiger charge is 2.16. The molecule has 5 nitrogen and oxygen atoms in total. The van der Waals surface area contributed by atoms with Gasteiger partial charge in [0.05, 0.1) is 25.3 Å². The fourth-order valence-corrected chi connectivity index (χ4v) is 2.03. The van der Waals surface area contributed by atoms with Crippen molar-refractivity contribution in [3.05, 3.63) is 60.9 Å². The van der Waals surface area contributed by atoms with Crippen LogP contribution in [-0.2, 0) is 4.74 Å². The Morgan fingerprint density at radius 3 is 2.90 bits per heavy atom. The molecule has 0 saturated heterocycles. The van der Waals surface area contributed by atoms with Crippen LogP contribution in [0.5, 0.6) is 0 Å². The van der Waals surface area contributed by atoms with Gasteiger partial charge in [0, 0.05) is 23.6 Å².